The molecule has 3 aromatic rings. The average Bonchev–Trinajstić information content (AvgIpc) is 3.33. The molecule has 0 atom stereocenters. The molecule has 2 saturated heterocycles. The lowest BCUT2D eigenvalue weighted by atomic mass is 9.85. The first kappa shape index (κ1) is 26.5. The minimum absolute atomic E-state index is 0.288. The topological polar surface area (TPSA) is 85.0 Å². The van der Waals surface area contributed by atoms with Crippen LogP contribution in [-0.2, 0) is 4.74 Å². The first-order valence-electron chi connectivity index (χ1n) is 13.3. The molecule has 0 unspecified atom stereocenters. The summed E-state index contributed by atoms with van der Waals surface area (Å²) in [6, 6.07) is 10.8. The number of benzene rings is 2. The third-order valence-corrected chi connectivity index (χ3v) is 7.47. The zero-order chi connectivity index (χ0) is 26.5. The van der Waals surface area contributed by atoms with E-state index in [0.29, 0.717) is 40.8 Å². The fraction of sp³-hybridized carbons (Fsp3) is 0.448. The van der Waals surface area contributed by atoms with Crippen molar-refractivity contribution in [2.45, 2.75) is 33.1 Å². The number of rotatable bonds is 10. The molecule has 1 spiro atoms. The van der Waals surface area contributed by atoms with Crippen molar-refractivity contribution in [3.05, 3.63) is 53.2 Å². The van der Waals surface area contributed by atoms with E-state index < -0.39 is 0 Å². The van der Waals surface area contributed by atoms with Crippen LogP contribution in [0.2, 0.25) is 5.02 Å². The monoisotopic (exact) mass is 538 g/mol. The van der Waals surface area contributed by atoms with Crippen LogP contribution < -0.4 is 20.1 Å². The molecule has 9 heteroatoms. The van der Waals surface area contributed by atoms with Crippen LogP contribution in [0.15, 0.2) is 42.6 Å². The molecule has 2 fully saturated rings. The lowest BCUT2D eigenvalue weighted by molar-refractivity contribution is -0.105. The number of nitrogens with one attached hydrogen (secondary N) is 2. The smallest absolute Gasteiger partial charge is 0.319 e. The maximum Gasteiger partial charge on any atom is 0.319 e. The van der Waals surface area contributed by atoms with Crippen molar-refractivity contribution >= 4 is 34.2 Å². The number of carbonyl (C=O) groups excluding carboxylic acids is 1. The summed E-state index contributed by atoms with van der Waals surface area (Å²) in [4.78, 5) is 19.0. The number of nitrogens with zero attached hydrogens (tertiary/aromatic N) is 2. The van der Waals surface area contributed by atoms with Crippen molar-refractivity contribution in [1.82, 2.24) is 15.2 Å². The summed E-state index contributed by atoms with van der Waals surface area (Å²) < 4.78 is 17.7. The maximum absolute atomic E-state index is 11.9. The molecule has 2 N–H and O–H groups in total. The van der Waals surface area contributed by atoms with E-state index in [9.17, 15) is 4.79 Å². The molecule has 1 aromatic heterocycles. The number of hydrogen-bond acceptors (Lipinski definition) is 6. The van der Waals surface area contributed by atoms with Gasteiger partial charge in [-0.25, -0.2) is 4.79 Å². The molecule has 3 heterocycles. The van der Waals surface area contributed by atoms with E-state index in [4.69, 9.17) is 25.8 Å². The van der Waals surface area contributed by atoms with E-state index in [0.717, 1.165) is 67.9 Å². The number of aromatic nitrogens is 1. The van der Waals surface area contributed by atoms with Gasteiger partial charge in [0.15, 0.2) is 0 Å². The third kappa shape index (κ3) is 6.14. The Balaban J connectivity index is 1.20. The van der Waals surface area contributed by atoms with E-state index in [1.54, 1.807) is 24.4 Å². The Morgan fingerprint density at radius 2 is 2.08 bits per heavy atom. The van der Waals surface area contributed by atoms with Gasteiger partial charge in [-0.3, -0.25) is 4.98 Å². The summed E-state index contributed by atoms with van der Waals surface area (Å²) in [5.74, 6) is 2.08. The lowest BCUT2D eigenvalue weighted by Gasteiger charge is -2.37. The number of aryl methyl sites for hydroxylation is 1. The molecule has 5 rings (SSSR count). The van der Waals surface area contributed by atoms with Crippen LogP contribution in [-0.4, -0.2) is 61.9 Å². The van der Waals surface area contributed by atoms with Crippen LogP contribution in [0.3, 0.4) is 0 Å². The second-order valence-corrected chi connectivity index (χ2v) is 10.7. The van der Waals surface area contributed by atoms with Crippen molar-refractivity contribution in [2.75, 3.05) is 51.3 Å². The van der Waals surface area contributed by atoms with Crippen LogP contribution >= 0.6 is 11.6 Å². The average molecular weight is 539 g/mol. The van der Waals surface area contributed by atoms with Gasteiger partial charge >= 0.3 is 6.03 Å². The zero-order valence-electron chi connectivity index (χ0n) is 22.0. The van der Waals surface area contributed by atoms with Gasteiger partial charge in [0, 0.05) is 48.8 Å². The molecule has 2 aliphatic heterocycles. The largest absolute Gasteiger partial charge is 0.493 e. The van der Waals surface area contributed by atoms with Crippen LogP contribution in [0.4, 0.5) is 10.5 Å². The van der Waals surface area contributed by atoms with Gasteiger partial charge in [-0.1, -0.05) is 18.5 Å². The van der Waals surface area contributed by atoms with Crippen LogP contribution in [0.5, 0.6) is 17.2 Å². The zero-order valence-corrected chi connectivity index (χ0v) is 22.8. The third-order valence-electron chi connectivity index (χ3n) is 7.16. The number of halogens is 1. The van der Waals surface area contributed by atoms with E-state index in [1.165, 1.54) is 6.42 Å². The summed E-state index contributed by atoms with van der Waals surface area (Å²) in [6.45, 7) is 10.5. The van der Waals surface area contributed by atoms with Gasteiger partial charge in [0.2, 0.25) is 0 Å². The Hall–Kier alpha value is -3.07. The van der Waals surface area contributed by atoms with E-state index in [1.807, 2.05) is 32.0 Å². The molecule has 0 radical (unpaired) electrons. The molecule has 2 aliphatic rings. The molecular weight excluding hydrogens is 504 g/mol. The Kier molecular flexibility index (Phi) is 8.21. The number of ether oxygens (including phenoxy) is 3. The van der Waals surface area contributed by atoms with Crippen molar-refractivity contribution in [1.29, 1.82) is 0 Å². The van der Waals surface area contributed by atoms with Gasteiger partial charge in [0.1, 0.15) is 17.2 Å². The SMILES string of the molecule is CCCNC(=O)Nc1ccc(Oc2ccnc3cc(OCCCN4CCC5(COC5)C4)c(C)cc23)cc1Cl. The lowest BCUT2D eigenvalue weighted by Crippen LogP contribution is -2.44. The molecule has 0 bridgehead atoms. The number of pyridine rings is 1. The normalized spacial score (nSPS) is 16.4. The molecule has 8 nitrogen and oxygen atoms in total. The number of amides is 2. The van der Waals surface area contributed by atoms with Gasteiger partial charge in [-0.05, 0) is 62.6 Å². The van der Waals surface area contributed by atoms with Gasteiger partial charge in [0.25, 0.3) is 0 Å². The first-order chi connectivity index (χ1) is 18.4. The molecule has 202 valence electrons. The van der Waals surface area contributed by atoms with Gasteiger partial charge in [-0.2, -0.15) is 0 Å². The van der Waals surface area contributed by atoms with Crippen LogP contribution in [0.1, 0.15) is 31.7 Å². The first-order valence-corrected chi connectivity index (χ1v) is 13.7. The summed E-state index contributed by atoms with van der Waals surface area (Å²) >= 11 is 6.40. The second kappa shape index (κ2) is 11.8. The van der Waals surface area contributed by atoms with E-state index in [2.05, 4.69) is 20.5 Å². The number of anilines is 1. The fourth-order valence-electron chi connectivity index (χ4n) is 5.01. The molecule has 2 amide bonds. The van der Waals surface area contributed by atoms with Crippen molar-refractivity contribution in [3.8, 4) is 17.2 Å². The van der Waals surface area contributed by atoms with Crippen molar-refractivity contribution in [2.24, 2.45) is 5.41 Å². The van der Waals surface area contributed by atoms with Crippen LogP contribution in [0, 0.1) is 12.3 Å². The summed E-state index contributed by atoms with van der Waals surface area (Å²) in [5.41, 5.74) is 2.77. The Morgan fingerprint density at radius 3 is 2.82 bits per heavy atom. The van der Waals surface area contributed by atoms with Crippen LogP contribution in [0.25, 0.3) is 10.9 Å². The van der Waals surface area contributed by atoms with Gasteiger partial charge < -0.3 is 29.7 Å². The fourth-order valence-corrected chi connectivity index (χ4v) is 5.23. The predicted molar refractivity (Wildman–Crippen MR) is 150 cm³/mol. The quantitative estimate of drug-likeness (QED) is 0.307. The minimum atomic E-state index is -0.288. The second-order valence-electron chi connectivity index (χ2n) is 10.3. The molecule has 0 aliphatic carbocycles. The van der Waals surface area contributed by atoms with E-state index in [-0.39, 0.29) is 6.03 Å². The van der Waals surface area contributed by atoms with Crippen molar-refractivity contribution < 1.29 is 19.0 Å². The number of carbonyl (C=O) groups is 1. The maximum atomic E-state index is 11.9. The predicted octanol–water partition coefficient (Wildman–Crippen LogP) is 6.01. The summed E-state index contributed by atoms with van der Waals surface area (Å²) in [7, 11) is 0. The minimum Gasteiger partial charge on any atom is -0.493 e. The number of hydrogen-bond donors (Lipinski definition) is 2. The summed E-state index contributed by atoms with van der Waals surface area (Å²) in [5, 5.41) is 6.80. The highest BCUT2D eigenvalue weighted by molar-refractivity contribution is 6.33. The molecule has 38 heavy (non-hydrogen) atoms. The molecule has 2 aromatic carbocycles. The van der Waals surface area contributed by atoms with E-state index >= 15 is 0 Å². The van der Waals surface area contributed by atoms with Gasteiger partial charge in [0.05, 0.1) is 36.0 Å². The summed E-state index contributed by atoms with van der Waals surface area (Å²) in [6.07, 6.45) is 4.81. The highest BCUT2D eigenvalue weighted by Crippen LogP contribution is 2.38. The molecular formula is C29H35ClN4O4. The highest BCUT2D eigenvalue weighted by atomic mass is 35.5. The standard InChI is InChI=1S/C29H35ClN4O4/c1-3-9-32-28(35)33-24-6-5-21(15-23(24)30)38-26-7-10-31-25-16-27(20(2)14-22(25)26)37-13-4-11-34-12-8-29(17-34)18-36-19-29/h5-7,10,14-16H,3-4,8-9,11-13,17-19H2,1-2H3,(H2,32,33,35). The number of fused-ring (bicyclic) bond motifs is 1. The number of likely N-dealkylation sites (tertiary alicyclic amines) is 1. The van der Waals surface area contributed by atoms with Gasteiger partial charge in [-0.15, -0.1) is 0 Å². The Bertz CT molecular complexity index is 1300. The Morgan fingerprint density at radius 1 is 1.21 bits per heavy atom. The van der Waals surface area contributed by atoms with Crippen molar-refractivity contribution in [3.63, 3.8) is 0 Å². The molecule has 0 saturated carbocycles. The number of urea groups is 1. The highest BCUT2D eigenvalue weighted by Gasteiger charge is 2.43. The Labute approximate surface area is 228 Å².